The van der Waals surface area contributed by atoms with E-state index in [1.54, 1.807) is 0 Å². The molecule has 0 N–H and O–H groups in total. The molecule has 1 aromatic carbocycles. The van der Waals surface area contributed by atoms with Crippen molar-refractivity contribution < 1.29 is 9.59 Å². The van der Waals surface area contributed by atoms with Gasteiger partial charge in [0.15, 0.2) is 11.6 Å². The molecule has 0 radical (unpaired) electrons. The van der Waals surface area contributed by atoms with Gasteiger partial charge in [-0.3, -0.25) is 9.59 Å². The predicted molar refractivity (Wildman–Crippen MR) is 263 cm³/mol. The quantitative estimate of drug-likeness (QED) is 0.0632. The van der Waals surface area contributed by atoms with Crippen LogP contribution in [0.5, 0.6) is 0 Å². The van der Waals surface area contributed by atoms with Crippen molar-refractivity contribution in [2.24, 2.45) is 10.8 Å². The van der Waals surface area contributed by atoms with Crippen LogP contribution < -0.4 is 9.80 Å². The van der Waals surface area contributed by atoms with Crippen molar-refractivity contribution >= 4 is 22.9 Å². The highest BCUT2D eigenvalue weighted by atomic mass is 16.1. The highest BCUT2D eigenvalue weighted by molar-refractivity contribution is 5.98. The lowest BCUT2D eigenvalue weighted by Gasteiger charge is -2.38. The third-order valence-corrected chi connectivity index (χ3v) is 14.1. The van der Waals surface area contributed by atoms with Gasteiger partial charge in [-0.1, -0.05) is 221 Å². The zero-order valence-corrected chi connectivity index (χ0v) is 40.6. The fourth-order valence-electron chi connectivity index (χ4n) is 9.58. The van der Waals surface area contributed by atoms with Crippen molar-refractivity contribution in [3.05, 3.63) is 47.8 Å². The minimum absolute atomic E-state index is 0.0935. The summed E-state index contributed by atoms with van der Waals surface area (Å²) in [5, 5.41) is 0. The Morgan fingerprint density at radius 1 is 0.400 bits per heavy atom. The van der Waals surface area contributed by atoms with Crippen molar-refractivity contribution in [3.63, 3.8) is 0 Å². The molecular formula is C56H96N2O2. The average molecular weight is 829 g/mol. The molecule has 2 aliphatic rings. The van der Waals surface area contributed by atoms with Gasteiger partial charge in [0.05, 0.1) is 0 Å². The monoisotopic (exact) mass is 829 g/mol. The van der Waals surface area contributed by atoms with Crippen LogP contribution in [0.3, 0.4) is 0 Å². The minimum Gasteiger partial charge on any atom is -0.348 e. The maximum atomic E-state index is 13.6. The first-order valence-electron chi connectivity index (χ1n) is 26.2. The third kappa shape index (κ3) is 20.7. The normalized spacial score (nSPS) is 16.2. The van der Waals surface area contributed by atoms with E-state index in [9.17, 15) is 9.59 Å². The van der Waals surface area contributed by atoms with Crippen molar-refractivity contribution in [1.29, 1.82) is 0 Å². The molecule has 342 valence electrons. The number of anilines is 2. The highest BCUT2D eigenvalue weighted by Gasteiger charge is 2.34. The number of hydrogen-bond donors (Lipinski definition) is 0. The number of allylic oxidation sites excluding steroid dienone is 2. The summed E-state index contributed by atoms with van der Waals surface area (Å²) in [5.74, 6) is 0.664. The van der Waals surface area contributed by atoms with Crippen LogP contribution in [-0.4, -0.2) is 24.7 Å². The lowest BCUT2D eigenvalue weighted by Crippen LogP contribution is -2.35. The summed E-state index contributed by atoms with van der Waals surface area (Å²) in [6.45, 7) is 15.4. The molecule has 2 heterocycles. The van der Waals surface area contributed by atoms with E-state index in [2.05, 4.69) is 88.0 Å². The van der Waals surface area contributed by atoms with E-state index in [0.717, 1.165) is 74.1 Å². The number of carbonyl (C=O) groups is 2. The Balaban J connectivity index is 1.36. The van der Waals surface area contributed by atoms with Gasteiger partial charge in [0.1, 0.15) is 0 Å². The fraction of sp³-hybridized carbons (Fsp3) is 0.786. The summed E-state index contributed by atoms with van der Waals surface area (Å²) < 4.78 is 0. The molecule has 0 saturated heterocycles. The van der Waals surface area contributed by atoms with E-state index in [0.29, 0.717) is 24.4 Å². The van der Waals surface area contributed by atoms with Gasteiger partial charge < -0.3 is 9.80 Å². The summed E-state index contributed by atoms with van der Waals surface area (Å²) in [6, 6.07) is 8.80. The van der Waals surface area contributed by atoms with E-state index in [1.807, 2.05) is 0 Å². The number of unbranched alkanes of at least 4 members (excludes halogenated alkanes) is 28. The van der Waals surface area contributed by atoms with Gasteiger partial charge in [-0.2, -0.15) is 0 Å². The topological polar surface area (TPSA) is 40.6 Å². The smallest absolute Gasteiger partial charge is 0.160 e. The van der Waals surface area contributed by atoms with Crippen LogP contribution in [0.4, 0.5) is 11.4 Å². The standard InChI is InChI=1S/C56H96N2O2/c1-7-9-11-13-15-17-19-21-23-25-27-29-31-33-35-37-53(59)51-47-57(45-43-55(51,3)4)49-39-41-50(42-40-49)58-46-44-56(5,6)52(48-58)54(60)38-36-34-32-30-28-26-24-22-20-18-16-14-12-10-8-2/h39-42,47-48H,7-38,43-46H2,1-6H3. The van der Waals surface area contributed by atoms with E-state index in [1.165, 1.54) is 167 Å². The molecule has 3 rings (SSSR count). The average Bonchev–Trinajstić information content (AvgIpc) is 3.23. The Kier molecular flexibility index (Phi) is 26.6. The van der Waals surface area contributed by atoms with Crippen LogP contribution in [0.2, 0.25) is 0 Å². The van der Waals surface area contributed by atoms with Gasteiger partial charge in [-0.25, -0.2) is 0 Å². The van der Waals surface area contributed by atoms with Gasteiger partial charge in [-0.05, 0) is 60.8 Å². The van der Waals surface area contributed by atoms with Gasteiger partial charge >= 0.3 is 0 Å². The van der Waals surface area contributed by atoms with Crippen LogP contribution in [-0.2, 0) is 9.59 Å². The molecule has 0 amide bonds. The zero-order valence-electron chi connectivity index (χ0n) is 40.6. The molecule has 0 unspecified atom stereocenters. The molecule has 4 nitrogen and oxygen atoms in total. The van der Waals surface area contributed by atoms with E-state index >= 15 is 0 Å². The Hall–Kier alpha value is -2.36. The number of carbonyl (C=O) groups excluding carboxylic acids is 2. The Morgan fingerprint density at radius 2 is 0.633 bits per heavy atom. The highest BCUT2D eigenvalue weighted by Crippen LogP contribution is 2.40. The molecule has 0 aromatic heterocycles. The molecule has 0 spiro atoms. The molecule has 0 saturated carbocycles. The van der Waals surface area contributed by atoms with Crippen molar-refractivity contribution in [1.82, 2.24) is 0 Å². The maximum absolute atomic E-state index is 13.6. The van der Waals surface area contributed by atoms with Gasteiger partial charge in [-0.15, -0.1) is 0 Å². The number of Topliss-reactive ketones (excluding diaryl/α,β-unsaturated/α-hetero) is 2. The lowest BCUT2D eigenvalue weighted by atomic mass is 9.76. The molecule has 1 aromatic rings. The first-order chi connectivity index (χ1) is 29.1. The zero-order chi connectivity index (χ0) is 43.3. The lowest BCUT2D eigenvalue weighted by molar-refractivity contribution is -0.117. The number of benzene rings is 1. The van der Waals surface area contributed by atoms with E-state index in [-0.39, 0.29) is 10.8 Å². The summed E-state index contributed by atoms with van der Waals surface area (Å²) in [4.78, 5) is 31.8. The second-order valence-corrected chi connectivity index (χ2v) is 20.5. The first-order valence-corrected chi connectivity index (χ1v) is 26.2. The molecule has 0 aliphatic carbocycles. The molecule has 0 bridgehead atoms. The molecule has 0 atom stereocenters. The van der Waals surface area contributed by atoms with Crippen molar-refractivity contribution in [2.75, 3.05) is 22.9 Å². The van der Waals surface area contributed by atoms with Crippen LogP contribution in [0, 0.1) is 10.8 Å². The van der Waals surface area contributed by atoms with Crippen LogP contribution >= 0.6 is 0 Å². The van der Waals surface area contributed by atoms with Gasteiger partial charge in [0.2, 0.25) is 0 Å². The maximum Gasteiger partial charge on any atom is 0.160 e. The molecule has 0 fully saturated rings. The summed E-state index contributed by atoms with van der Waals surface area (Å²) >= 11 is 0. The van der Waals surface area contributed by atoms with E-state index < -0.39 is 0 Å². The summed E-state index contributed by atoms with van der Waals surface area (Å²) in [5.41, 5.74) is 4.06. The first kappa shape index (κ1) is 52.0. The van der Waals surface area contributed by atoms with Gasteiger partial charge in [0, 0.05) is 60.9 Å². The molecular weight excluding hydrogens is 733 g/mol. The second-order valence-electron chi connectivity index (χ2n) is 20.5. The van der Waals surface area contributed by atoms with Crippen LogP contribution in [0.1, 0.15) is 260 Å². The number of nitrogens with zero attached hydrogens (tertiary/aromatic N) is 2. The van der Waals surface area contributed by atoms with E-state index in [4.69, 9.17) is 0 Å². The van der Waals surface area contributed by atoms with Crippen LogP contribution in [0.15, 0.2) is 47.8 Å². The fourth-order valence-corrected chi connectivity index (χ4v) is 9.58. The molecule has 60 heavy (non-hydrogen) atoms. The predicted octanol–water partition coefficient (Wildman–Crippen LogP) is 17.6. The summed E-state index contributed by atoms with van der Waals surface area (Å²) in [7, 11) is 0. The largest absolute Gasteiger partial charge is 0.348 e. The second kappa shape index (κ2) is 30.6. The van der Waals surface area contributed by atoms with Crippen molar-refractivity contribution in [2.45, 2.75) is 260 Å². The SMILES string of the molecule is CCCCCCCCCCCCCCCCCC(=O)C1=CN(c2ccc(N3C=C(C(=O)CCCCCCCCCCCCCCCCC)C(C)(C)CC3)cc2)CCC1(C)C. The Labute approximate surface area is 372 Å². The minimum atomic E-state index is -0.0935. The number of ketones is 2. The Bertz CT molecular complexity index is 1250. The molecule has 2 aliphatic heterocycles. The number of hydrogen-bond acceptors (Lipinski definition) is 4. The third-order valence-electron chi connectivity index (χ3n) is 14.1. The van der Waals surface area contributed by atoms with Gasteiger partial charge in [0.25, 0.3) is 0 Å². The summed E-state index contributed by atoms with van der Waals surface area (Å²) in [6.07, 6.45) is 47.8. The Morgan fingerprint density at radius 3 is 0.883 bits per heavy atom. The number of rotatable bonds is 36. The van der Waals surface area contributed by atoms with Crippen molar-refractivity contribution in [3.8, 4) is 0 Å². The van der Waals surface area contributed by atoms with Crippen LogP contribution in [0.25, 0.3) is 0 Å². The molecule has 4 heteroatoms.